The molecule has 0 fully saturated rings. The van der Waals surface area contributed by atoms with E-state index in [4.69, 9.17) is 4.74 Å². The number of thioether (sulfide) groups is 1. The molecule has 0 spiro atoms. The van der Waals surface area contributed by atoms with Crippen molar-refractivity contribution in [2.24, 2.45) is 5.10 Å². The van der Waals surface area contributed by atoms with E-state index in [1.807, 2.05) is 83.4 Å². The highest BCUT2D eigenvalue weighted by Crippen LogP contribution is 2.29. The molecule has 7 nitrogen and oxygen atoms in total. The van der Waals surface area contributed by atoms with Crippen molar-refractivity contribution in [3.05, 3.63) is 115 Å². The first-order valence-corrected chi connectivity index (χ1v) is 13.7. The van der Waals surface area contributed by atoms with E-state index in [0.29, 0.717) is 11.0 Å². The Morgan fingerprint density at radius 2 is 1.52 bits per heavy atom. The predicted molar refractivity (Wildman–Crippen MR) is 161 cm³/mol. The van der Waals surface area contributed by atoms with Crippen molar-refractivity contribution < 1.29 is 9.53 Å². The monoisotopic (exact) mass is 543 g/mol. The second kappa shape index (κ2) is 11.4. The van der Waals surface area contributed by atoms with Crippen LogP contribution in [0.2, 0.25) is 0 Å². The summed E-state index contributed by atoms with van der Waals surface area (Å²) in [5.41, 5.74) is 5.44. The number of methoxy groups -OCH3 is 1. The van der Waals surface area contributed by atoms with Crippen LogP contribution in [0.25, 0.3) is 38.6 Å². The van der Waals surface area contributed by atoms with Gasteiger partial charge in [0.25, 0.3) is 5.91 Å². The van der Waals surface area contributed by atoms with Crippen LogP contribution in [0.15, 0.2) is 119 Å². The Morgan fingerprint density at radius 1 is 0.875 bits per heavy atom. The number of hydrazone groups is 1. The number of nitrogens with one attached hydrogen (secondary N) is 1. The Labute approximate surface area is 235 Å². The van der Waals surface area contributed by atoms with E-state index in [0.717, 1.165) is 44.1 Å². The minimum Gasteiger partial charge on any atom is -0.497 e. The van der Waals surface area contributed by atoms with Crippen LogP contribution < -0.4 is 10.2 Å². The average Bonchev–Trinajstić information content (AvgIpc) is 3.44. The summed E-state index contributed by atoms with van der Waals surface area (Å²) in [6.07, 6.45) is 1.72. The summed E-state index contributed by atoms with van der Waals surface area (Å²) in [6, 6.07) is 36.0. The number of benzene rings is 5. The number of amides is 1. The zero-order valence-corrected chi connectivity index (χ0v) is 22.5. The maximum Gasteiger partial charge on any atom is 0.250 e. The standard InChI is InChI=1S/C32H25N5O2S/c1-39-26-17-15-25(16-18-26)37-31(22-9-3-2-4-10-22)35-36-32(37)40-21-30(38)34-33-20-29-27-13-7-5-11-23(27)19-24-12-6-8-14-28(24)29/h2-20H,21H2,1H3,(H,34,38)/b33-20+. The lowest BCUT2D eigenvalue weighted by Gasteiger charge is -2.11. The summed E-state index contributed by atoms with van der Waals surface area (Å²) in [6.45, 7) is 0. The van der Waals surface area contributed by atoms with Gasteiger partial charge in [-0.1, -0.05) is 90.6 Å². The predicted octanol–water partition coefficient (Wildman–Crippen LogP) is 6.49. The van der Waals surface area contributed by atoms with Gasteiger partial charge in [0, 0.05) is 16.8 Å². The summed E-state index contributed by atoms with van der Waals surface area (Å²) in [5.74, 6) is 1.32. The molecule has 0 aliphatic heterocycles. The molecule has 0 aliphatic carbocycles. The topological polar surface area (TPSA) is 81.4 Å². The SMILES string of the molecule is COc1ccc(-n2c(SCC(=O)N/N=C/c3c4ccccc4cc4ccccc34)nnc2-c2ccccc2)cc1. The van der Waals surface area contributed by atoms with E-state index >= 15 is 0 Å². The third-order valence-electron chi connectivity index (χ3n) is 6.52. The van der Waals surface area contributed by atoms with Crippen molar-refractivity contribution in [1.82, 2.24) is 20.2 Å². The number of hydrogen-bond acceptors (Lipinski definition) is 6. The van der Waals surface area contributed by atoms with Crippen LogP contribution in [0.5, 0.6) is 5.75 Å². The number of hydrogen-bond donors (Lipinski definition) is 1. The fourth-order valence-corrected chi connectivity index (χ4v) is 5.37. The molecule has 0 bridgehead atoms. The number of carbonyl (C=O) groups is 1. The van der Waals surface area contributed by atoms with E-state index in [1.54, 1.807) is 13.3 Å². The summed E-state index contributed by atoms with van der Waals surface area (Å²) in [5, 5.41) is 18.2. The van der Waals surface area contributed by atoms with Crippen LogP contribution in [0, 0.1) is 0 Å². The minimum atomic E-state index is -0.240. The van der Waals surface area contributed by atoms with Crippen molar-refractivity contribution in [2.75, 3.05) is 12.9 Å². The maximum absolute atomic E-state index is 12.8. The summed E-state index contributed by atoms with van der Waals surface area (Å²) >= 11 is 1.30. The molecule has 8 heteroatoms. The number of nitrogens with zero attached hydrogens (tertiary/aromatic N) is 4. The normalized spacial score (nSPS) is 11.3. The van der Waals surface area contributed by atoms with Crippen molar-refractivity contribution in [3.63, 3.8) is 0 Å². The largest absolute Gasteiger partial charge is 0.497 e. The van der Waals surface area contributed by atoms with Gasteiger partial charge in [-0.3, -0.25) is 9.36 Å². The number of carbonyl (C=O) groups excluding carboxylic acids is 1. The van der Waals surface area contributed by atoms with Gasteiger partial charge in [0.15, 0.2) is 11.0 Å². The molecule has 40 heavy (non-hydrogen) atoms. The van der Waals surface area contributed by atoms with Gasteiger partial charge in [0.1, 0.15) is 5.75 Å². The fourth-order valence-electron chi connectivity index (χ4n) is 4.62. The Bertz CT molecular complexity index is 1780. The second-order valence-corrected chi connectivity index (χ2v) is 9.96. The van der Waals surface area contributed by atoms with Crippen molar-refractivity contribution in [1.29, 1.82) is 0 Å². The van der Waals surface area contributed by atoms with Gasteiger partial charge in [-0.05, 0) is 51.9 Å². The molecule has 1 N–H and O–H groups in total. The zero-order valence-electron chi connectivity index (χ0n) is 21.7. The lowest BCUT2D eigenvalue weighted by Crippen LogP contribution is -2.20. The Kier molecular flexibility index (Phi) is 7.24. The summed E-state index contributed by atoms with van der Waals surface area (Å²) in [7, 11) is 1.63. The molecule has 1 amide bonds. The van der Waals surface area contributed by atoms with E-state index in [2.05, 4.69) is 51.1 Å². The van der Waals surface area contributed by atoms with Crippen LogP contribution in [0.1, 0.15) is 5.56 Å². The first-order chi connectivity index (χ1) is 19.7. The van der Waals surface area contributed by atoms with Gasteiger partial charge < -0.3 is 4.74 Å². The molecule has 6 aromatic rings. The maximum atomic E-state index is 12.8. The van der Waals surface area contributed by atoms with Gasteiger partial charge >= 0.3 is 0 Å². The average molecular weight is 544 g/mol. The molecule has 5 aromatic carbocycles. The molecule has 0 aliphatic rings. The minimum absolute atomic E-state index is 0.122. The van der Waals surface area contributed by atoms with Crippen LogP contribution in [0.3, 0.4) is 0 Å². The molecular weight excluding hydrogens is 518 g/mol. The molecule has 1 aromatic heterocycles. The highest BCUT2D eigenvalue weighted by atomic mass is 32.2. The van der Waals surface area contributed by atoms with Crippen LogP contribution in [0.4, 0.5) is 0 Å². The molecular formula is C32H25N5O2S. The van der Waals surface area contributed by atoms with Crippen molar-refractivity contribution >= 4 is 45.4 Å². The molecule has 6 rings (SSSR count). The molecule has 1 heterocycles. The van der Waals surface area contributed by atoms with Crippen LogP contribution in [-0.4, -0.2) is 39.7 Å². The number of fused-ring (bicyclic) bond motifs is 2. The highest BCUT2D eigenvalue weighted by Gasteiger charge is 2.17. The van der Waals surface area contributed by atoms with E-state index in [1.165, 1.54) is 11.8 Å². The van der Waals surface area contributed by atoms with E-state index < -0.39 is 0 Å². The molecule has 0 radical (unpaired) electrons. The number of aromatic nitrogens is 3. The molecule has 0 saturated carbocycles. The molecule has 196 valence electrons. The third kappa shape index (κ3) is 5.17. The van der Waals surface area contributed by atoms with Gasteiger partial charge in [-0.15, -0.1) is 10.2 Å². The van der Waals surface area contributed by atoms with Crippen molar-refractivity contribution in [3.8, 4) is 22.8 Å². The third-order valence-corrected chi connectivity index (χ3v) is 7.45. The first-order valence-electron chi connectivity index (χ1n) is 12.7. The quantitative estimate of drug-likeness (QED) is 0.103. The lowest BCUT2D eigenvalue weighted by molar-refractivity contribution is -0.118. The Balaban J connectivity index is 1.22. The number of rotatable bonds is 8. The Morgan fingerprint density at radius 3 is 2.20 bits per heavy atom. The lowest BCUT2D eigenvalue weighted by atomic mass is 9.97. The Hall–Kier alpha value is -4.95. The van der Waals surface area contributed by atoms with E-state index in [-0.39, 0.29) is 11.7 Å². The molecule has 0 atom stereocenters. The van der Waals surface area contributed by atoms with E-state index in [9.17, 15) is 4.79 Å². The van der Waals surface area contributed by atoms with Gasteiger partial charge in [-0.2, -0.15) is 5.10 Å². The highest BCUT2D eigenvalue weighted by molar-refractivity contribution is 7.99. The summed E-state index contributed by atoms with van der Waals surface area (Å²) < 4.78 is 7.26. The molecule has 0 saturated heterocycles. The first kappa shape index (κ1) is 25.3. The van der Waals surface area contributed by atoms with Gasteiger partial charge in [0.2, 0.25) is 0 Å². The van der Waals surface area contributed by atoms with Crippen LogP contribution in [-0.2, 0) is 4.79 Å². The van der Waals surface area contributed by atoms with Gasteiger partial charge in [-0.25, -0.2) is 5.43 Å². The van der Waals surface area contributed by atoms with Crippen LogP contribution >= 0.6 is 11.8 Å². The number of ether oxygens (including phenoxy) is 1. The second-order valence-electron chi connectivity index (χ2n) is 9.02. The smallest absolute Gasteiger partial charge is 0.250 e. The summed E-state index contributed by atoms with van der Waals surface area (Å²) in [4.78, 5) is 12.8. The zero-order chi connectivity index (χ0) is 27.3. The molecule has 0 unspecified atom stereocenters. The van der Waals surface area contributed by atoms with Crippen molar-refractivity contribution in [2.45, 2.75) is 5.16 Å². The van der Waals surface area contributed by atoms with Gasteiger partial charge in [0.05, 0.1) is 19.1 Å². The fraction of sp³-hybridized carbons (Fsp3) is 0.0625.